The predicted molar refractivity (Wildman–Crippen MR) is 62.4 cm³/mol. The minimum absolute atomic E-state index is 0.0519. The van der Waals surface area contributed by atoms with Gasteiger partial charge in [-0.3, -0.25) is 9.59 Å². The molecular weight excluding hydrogens is 224 g/mol. The largest absolute Gasteiger partial charge is 0.324 e. The van der Waals surface area contributed by atoms with E-state index in [1.807, 2.05) is 12.1 Å². The van der Waals surface area contributed by atoms with E-state index in [-0.39, 0.29) is 17.9 Å². The Balaban J connectivity index is 2.11. The van der Waals surface area contributed by atoms with Crippen LogP contribution in [0.4, 0.5) is 5.69 Å². The van der Waals surface area contributed by atoms with Crippen LogP contribution in [0.1, 0.15) is 10.4 Å². The molecule has 0 aliphatic carbocycles. The predicted octanol–water partition coefficient (Wildman–Crippen LogP) is 1.15. The summed E-state index contributed by atoms with van der Waals surface area (Å²) in [5.41, 5.74) is 1.21. The van der Waals surface area contributed by atoms with Crippen LogP contribution in [0.2, 0.25) is 0 Å². The summed E-state index contributed by atoms with van der Waals surface area (Å²) >= 11 is 1.62. The quantitative estimate of drug-likeness (QED) is 0.732. The first-order valence-corrected chi connectivity index (χ1v) is 6.21. The van der Waals surface area contributed by atoms with Gasteiger partial charge >= 0.3 is 0 Å². The van der Waals surface area contributed by atoms with Gasteiger partial charge in [-0.2, -0.15) is 0 Å². The molecule has 0 unspecified atom stereocenters. The highest BCUT2D eigenvalue weighted by atomic mass is 32.2. The first kappa shape index (κ1) is 9.72. The van der Waals surface area contributed by atoms with E-state index in [0.717, 1.165) is 0 Å². The van der Waals surface area contributed by atoms with Gasteiger partial charge in [0.1, 0.15) is 6.04 Å². The van der Waals surface area contributed by atoms with Crippen molar-refractivity contribution in [3.8, 4) is 0 Å². The van der Waals surface area contributed by atoms with Crippen molar-refractivity contribution in [2.45, 2.75) is 6.04 Å². The average Bonchev–Trinajstić information content (AvgIpc) is 2.74. The van der Waals surface area contributed by atoms with Gasteiger partial charge in [0.05, 0.1) is 17.1 Å². The molecule has 1 aromatic rings. The van der Waals surface area contributed by atoms with Gasteiger partial charge in [0.15, 0.2) is 0 Å². The first-order valence-electron chi connectivity index (χ1n) is 5.06. The lowest BCUT2D eigenvalue weighted by atomic mass is 10.1. The number of thioether (sulfide) groups is 1. The van der Waals surface area contributed by atoms with Crippen LogP contribution >= 0.6 is 11.8 Å². The maximum absolute atomic E-state index is 12.2. The van der Waals surface area contributed by atoms with Crippen molar-refractivity contribution in [3.05, 3.63) is 29.8 Å². The van der Waals surface area contributed by atoms with E-state index in [4.69, 9.17) is 0 Å². The van der Waals surface area contributed by atoms with E-state index in [2.05, 4.69) is 5.32 Å². The number of nitrogens with one attached hydrogen (secondary N) is 1. The van der Waals surface area contributed by atoms with Crippen molar-refractivity contribution >= 4 is 29.3 Å². The zero-order valence-corrected chi connectivity index (χ0v) is 9.29. The molecule has 1 fully saturated rings. The minimum atomic E-state index is -0.315. The summed E-state index contributed by atoms with van der Waals surface area (Å²) in [6.07, 6.45) is 0. The molecule has 1 N–H and O–H groups in total. The monoisotopic (exact) mass is 234 g/mol. The summed E-state index contributed by atoms with van der Waals surface area (Å²) in [5.74, 6) is 1.16. The fraction of sp³-hybridized carbons (Fsp3) is 0.273. The molecule has 1 atom stereocenters. The average molecular weight is 234 g/mol. The third-order valence-electron chi connectivity index (χ3n) is 2.86. The van der Waals surface area contributed by atoms with Crippen LogP contribution in [0.5, 0.6) is 0 Å². The number of fused-ring (bicyclic) bond motifs is 2. The number of amides is 2. The summed E-state index contributed by atoms with van der Waals surface area (Å²) in [5, 5.41) is 2.81. The van der Waals surface area contributed by atoms with E-state index < -0.39 is 0 Å². The number of hydrogen-bond donors (Lipinski definition) is 1. The van der Waals surface area contributed by atoms with E-state index in [0.29, 0.717) is 22.9 Å². The molecule has 0 aromatic heterocycles. The van der Waals surface area contributed by atoms with Gasteiger partial charge in [0.2, 0.25) is 5.91 Å². The standard InChI is InChI=1S/C11H10N2O2S/c14-10-9-5-16-6-13(9)11(15)7-3-1-2-4-8(7)12-10/h1-4,9H,5-6H2,(H,12,14)/t9-/m0/s1. The molecule has 2 amide bonds. The van der Waals surface area contributed by atoms with Crippen molar-refractivity contribution < 1.29 is 9.59 Å². The molecule has 2 aliphatic rings. The van der Waals surface area contributed by atoms with Crippen LogP contribution in [-0.2, 0) is 4.79 Å². The van der Waals surface area contributed by atoms with E-state index in [1.54, 1.807) is 28.8 Å². The van der Waals surface area contributed by atoms with Crippen LogP contribution in [0.25, 0.3) is 0 Å². The van der Waals surface area contributed by atoms with Gasteiger partial charge in [-0.1, -0.05) is 12.1 Å². The molecule has 0 bridgehead atoms. The highest BCUT2D eigenvalue weighted by molar-refractivity contribution is 7.99. The van der Waals surface area contributed by atoms with Gasteiger partial charge in [-0.25, -0.2) is 0 Å². The Labute approximate surface area is 97.0 Å². The van der Waals surface area contributed by atoms with Gasteiger partial charge in [-0.15, -0.1) is 11.8 Å². The maximum atomic E-state index is 12.2. The molecule has 3 rings (SSSR count). The second-order valence-electron chi connectivity index (χ2n) is 3.83. The molecule has 2 heterocycles. The number of carbonyl (C=O) groups is 2. The van der Waals surface area contributed by atoms with E-state index in [9.17, 15) is 9.59 Å². The van der Waals surface area contributed by atoms with Crippen LogP contribution in [-0.4, -0.2) is 34.4 Å². The summed E-state index contributed by atoms with van der Waals surface area (Å²) in [6, 6.07) is 6.83. The van der Waals surface area contributed by atoms with Crippen molar-refractivity contribution in [1.29, 1.82) is 0 Å². The molecule has 0 spiro atoms. The third-order valence-corrected chi connectivity index (χ3v) is 3.87. The van der Waals surface area contributed by atoms with Crippen molar-refractivity contribution in [2.24, 2.45) is 0 Å². The summed E-state index contributed by atoms with van der Waals surface area (Å²) in [6.45, 7) is 0. The summed E-state index contributed by atoms with van der Waals surface area (Å²) < 4.78 is 0. The summed E-state index contributed by atoms with van der Waals surface area (Å²) in [7, 11) is 0. The smallest absolute Gasteiger partial charge is 0.257 e. The normalized spacial score (nSPS) is 23.5. The number of carbonyl (C=O) groups excluding carboxylic acids is 2. The highest BCUT2D eigenvalue weighted by Crippen LogP contribution is 2.29. The Bertz CT molecular complexity index is 475. The second-order valence-corrected chi connectivity index (χ2v) is 4.83. The Morgan fingerprint density at radius 2 is 2.12 bits per heavy atom. The fourth-order valence-electron chi connectivity index (χ4n) is 2.01. The van der Waals surface area contributed by atoms with Crippen molar-refractivity contribution in [2.75, 3.05) is 16.9 Å². The first-order chi connectivity index (χ1) is 7.77. The lowest BCUT2D eigenvalue weighted by Crippen LogP contribution is -2.41. The van der Waals surface area contributed by atoms with Gasteiger partial charge in [0.25, 0.3) is 5.91 Å². The maximum Gasteiger partial charge on any atom is 0.257 e. The molecule has 16 heavy (non-hydrogen) atoms. The molecule has 5 heteroatoms. The number of rotatable bonds is 0. The lowest BCUT2D eigenvalue weighted by molar-refractivity contribution is -0.119. The van der Waals surface area contributed by atoms with Crippen LogP contribution in [0, 0.1) is 0 Å². The van der Waals surface area contributed by atoms with Crippen LogP contribution in [0.15, 0.2) is 24.3 Å². The number of benzene rings is 1. The van der Waals surface area contributed by atoms with Gasteiger partial charge in [0, 0.05) is 5.75 Å². The minimum Gasteiger partial charge on any atom is -0.324 e. The Kier molecular flexibility index (Phi) is 2.14. The lowest BCUT2D eigenvalue weighted by Gasteiger charge is -2.18. The topological polar surface area (TPSA) is 49.4 Å². The molecular formula is C11H10N2O2S. The van der Waals surface area contributed by atoms with E-state index >= 15 is 0 Å². The zero-order chi connectivity index (χ0) is 11.1. The zero-order valence-electron chi connectivity index (χ0n) is 8.47. The third kappa shape index (κ3) is 1.31. The second kappa shape index (κ2) is 3.52. The molecule has 0 radical (unpaired) electrons. The summed E-state index contributed by atoms with van der Waals surface area (Å²) in [4.78, 5) is 25.7. The van der Waals surface area contributed by atoms with Crippen molar-refractivity contribution in [1.82, 2.24) is 4.90 Å². The van der Waals surface area contributed by atoms with Crippen LogP contribution < -0.4 is 5.32 Å². The van der Waals surface area contributed by atoms with Gasteiger partial charge < -0.3 is 10.2 Å². The molecule has 0 saturated carbocycles. The Hall–Kier alpha value is -1.49. The van der Waals surface area contributed by atoms with Crippen molar-refractivity contribution in [3.63, 3.8) is 0 Å². The molecule has 1 saturated heterocycles. The Morgan fingerprint density at radius 1 is 1.31 bits per heavy atom. The SMILES string of the molecule is O=C1Nc2ccccc2C(=O)N2CSC[C@@H]12. The fourth-order valence-corrected chi connectivity index (χ4v) is 3.16. The number of nitrogens with zero attached hydrogens (tertiary/aromatic N) is 1. The van der Waals surface area contributed by atoms with Gasteiger partial charge in [-0.05, 0) is 12.1 Å². The molecule has 1 aromatic carbocycles. The Morgan fingerprint density at radius 3 is 3.00 bits per heavy atom. The molecule has 4 nitrogen and oxygen atoms in total. The number of hydrogen-bond acceptors (Lipinski definition) is 3. The molecule has 2 aliphatic heterocycles. The highest BCUT2D eigenvalue weighted by Gasteiger charge is 2.38. The van der Waals surface area contributed by atoms with Crippen LogP contribution in [0.3, 0.4) is 0 Å². The number of anilines is 1. The number of para-hydroxylation sites is 1. The van der Waals surface area contributed by atoms with E-state index in [1.165, 1.54) is 0 Å². The molecule has 82 valence electrons.